The number of piperidine rings is 1. The van der Waals surface area contributed by atoms with Gasteiger partial charge >= 0.3 is 0 Å². The average Bonchev–Trinajstić information content (AvgIpc) is 3.13. The Hall–Kier alpha value is -2.34. The van der Waals surface area contributed by atoms with Crippen molar-refractivity contribution in [3.63, 3.8) is 0 Å². The van der Waals surface area contributed by atoms with Crippen molar-refractivity contribution in [1.29, 1.82) is 0 Å². The number of rotatable bonds is 8. The largest absolute Gasteiger partial charge is 0.466 e. The number of amides is 1. The maximum atomic E-state index is 12.1. The standard InChI is InChI=1S/C22H31N3O3/c1-17(20-7-6-18(2)28-20)8-12-24-13-9-19(10-14-24)15-23-21(26)16-25-11-4-3-5-22(25)27/h3-7,11,17,19H,8-10,12-16H2,1-2H3,(H,23,26). The van der Waals surface area contributed by atoms with E-state index in [1.165, 1.54) is 10.6 Å². The molecule has 0 aromatic carbocycles. The molecule has 1 atom stereocenters. The van der Waals surface area contributed by atoms with Crippen LogP contribution in [-0.4, -0.2) is 41.6 Å². The molecule has 1 aliphatic heterocycles. The van der Waals surface area contributed by atoms with Crippen LogP contribution >= 0.6 is 0 Å². The molecule has 6 nitrogen and oxygen atoms in total. The van der Waals surface area contributed by atoms with Gasteiger partial charge < -0.3 is 19.2 Å². The summed E-state index contributed by atoms with van der Waals surface area (Å²) in [7, 11) is 0. The van der Waals surface area contributed by atoms with Gasteiger partial charge in [-0.25, -0.2) is 0 Å². The van der Waals surface area contributed by atoms with E-state index in [4.69, 9.17) is 4.42 Å². The Morgan fingerprint density at radius 1 is 1.25 bits per heavy atom. The Morgan fingerprint density at radius 3 is 2.71 bits per heavy atom. The van der Waals surface area contributed by atoms with Gasteiger partial charge in [-0.15, -0.1) is 0 Å². The number of furan rings is 1. The predicted molar refractivity (Wildman–Crippen MR) is 109 cm³/mol. The minimum Gasteiger partial charge on any atom is -0.466 e. The Morgan fingerprint density at radius 2 is 2.04 bits per heavy atom. The first-order valence-corrected chi connectivity index (χ1v) is 10.2. The third kappa shape index (κ3) is 5.83. The fourth-order valence-corrected chi connectivity index (χ4v) is 3.71. The molecule has 0 aliphatic carbocycles. The fraction of sp³-hybridized carbons (Fsp3) is 0.545. The molecule has 3 heterocycles. The van der Waals surface area contributed by atoms with Crippen LogP contribution in [0.3, 0.4) is 0 Å². The summed E-state index contributed by atoms with van der Waals surface area (Å²) in [6.07, 6.45) is 4.94. The van der Waals surface area contributed by atoms with E-state index >= 15 is 0 Å². The van der Waals surface area contributed by atoms with E-state index in [-0.39, 0.29) is 18.0 Å². The number of carbonyl (C=O) groups excluding carboxylic acids is 1. The minimum atomic E-state index is -0.148. The van der Waals surface area contributed by atoms with Crippen molar-refractivity contribution in [3.8, 4) is 0 Å². The topological polar surface area (TPSA) is 67.5 Å². The molecule has 6 heteroatoms. The maximum absolute atomic E-state index is 12.1. The fourth-order valence-electron chi connectivity index (χ4n) is 3.71. The third-order valence-corrected chi connectivity index (χ3v) is 5.63. The summed E-state index contributed by atoms with van der Waals surface area (Å²) in [6.45, 7) is 8.21. The summed E-state index contributed by atoms with van der Waals surface area (Å²) in [5.74, 6) is 2.90. The summed E-state index contributed by atoms with van der Waals surface area (Å²) in [4.78, 5) is 26.3. The van der Waals surface area contributed by atoms with Crippen LogP contribution in [0.1, 0.15) is 43.6 Å². The van der Waals surface area contributed by atoms with Crippen LogP contribution in [0.2, 0.25) is 0 Å². The van der Waals surface area contributed by atoms with Crippen molar-refractivity contribution in [2.24, 2.45) is 5.92 Å². The lowest BCUT2D eigenvalue weighted by molar-refractivity contribution is -0.122. The number of hydrogen-bond acceptors (Lipinski definition) is 4. The first-order valence-electron chi connectivity index (χ1n) is 10.2. The monoisotopic (exact) mass is 385 g/mol. The Labute approximate surface area is 166 Å². The van der Waals surface area contributed by atoms with Gasteiger partial charge in [-0.3, -0.25) is 9.59 Å². The normalized spacial score (nSPS) is 16.8. The second-order valence-corrected chi connectivity index (χ2v) is 7.89. The minimum absolute atomic E-state index is 0.0860. The van der Waals surface area contributed by atoms with Crippen LogP contribution in [0, 0.1) is 12.8 Å². The molecule has 1 fully saturated rings. The van der Waals surface area contributed by atoms with Gasteiger partial charge in [-0.2, -0.15) is 0 Å². The van der Waals surface area contributed by atoms with Gasteiger partial charge in [0.2, 0.25) is 5.91 Å². The molecule has 1 unspecified atom stereocenters. The van der Waals surface area contributed by atoms with Gasteiger partial charge in [0, 0.05) is 24.7 Å². The van der Waals surface area contributed by atoms with E-state index in [2.05, 4.69) is 23.2 Å². The summed E-state index contributed by atoms with van der Waals surface area (Å²) >= 11 is 0. The molecular formula is C22H31N3O3. The summed E-state index contributed by atoms with van der Waals surface area (Å²) in [5.41, 5.74) is -0.148. The van der Waals surface area contributed by atoms with Crippen molar-refractivity contribution in [2.45, 2.75) is 45.6 Å². The molecule has 0 spiro atoms. The van der Waals surface area contributed by atoms with Crippen LogP contribution in [0.4, 0.5) is 0 Å². The Balaban J connectivity index is 1.33. The molecule has 0 radical (unpaired) electrons. The number of likely N-dealkylation sites (tertiary alicyclic amines) is 1. The highest BCUT2D eigenvalue weighted by atomic mass is 16.3. The Kier molecular flexibility index (Phi) is 7.09. The predicted octanol–water partition coefficient (Wildman–Crippen LogP) is 2.77. The molecule has 0 saturated carbocycles. The number of nitrogens with one attached hydrogen (secondary N) is 1. The van der Waals surface area contributed by atoms with Crippen molar-refractivity contribution in [1.82, 2.24) is 14.8 Å². The van der Waals surface area contributed by atoms with E-state index in [0.29, 0.717) is 18.4 Å². The van der Waals surface area contributed by atoms with Gasteiger partial charge in [0.25, 0.3) is 5.56 Å². The highest BCUT2D eigenvalue weighted by Gasteiger charge is 2.20. The second-order valence-electron chi connectivity index (χ2n) is 7.89. The quantitative estimate of drug-likeness (QED) is 0.759. The lowest BCUT2D eigenvalue weighted by atomic mass is 9.96. The molecule has 3 rings (SSSR count). The Bertz CT molecular complexity index is 818. The first kappa shape index (κ1) is 20.4. The summed E-state index contributed by atoms with van der Waals surface area (Å²) < 4.78 is 7.16. The zero-order valence-electron chi connectivity index (χ0n) is 16.9. The summed E-state index contributed by atoms with van der Waals surface area (Å²) in [5, 5.41) is 2.99. The highest BCUT2D eigenvalue weighted by molar-refractivity contribution is 5.75. The van der Waals surface area contributed by atoms with Gasteiger partial charge in [0.15, 0.2) is 0 Å². The maximum Gasteiger partial charge on any atom is 0.250 e. The zero-order chi connectivity index (χ0) is 19.9. The van der Waals surface area contributed by atoms with Crippen molar-refractivity contribution in [2.75, 3.05) is 26.2 Å². The van der Waals surface area contributed by atoms with E-state index in [0.717, 1.165) is 50.4 Å². The molecule has 1 aliphatic rings. The smallest absolute Gasteiger partial charge is 0.250 e. The number of aryl methyl sites for hydroxylation is 1. The number of hydrogen-bond donors (Lipinski definition) is 1. The second kappa shape index (κ2) is 9.73. The van der Waals surface area contributed by atoms with Crippen LogP contribution in [0.15, 0.2) is 45.7 Å². The van der Waals surface area contributed by atoms with Gasteiger partial charge in [-0.1, -0.05) is 13.0 Å². The molecule has 152 valence electrons. The van der Waals surface area contributed by atoms with E-state index in [9.17, 15) is 9.59 Å². The third-order valence-electron chi connectivity index (χ3n) is 5.63. The molecule has 2 aromatic rings. The number of aromatic nitrogens is 1. The molecule has 2 aromatic heterocycles. The molecular weight excluding hydrogens is 354 g/mol. The molecule has 1 amide bonds. The van der Waals surface area contributed by atoms with Crippen molar-refractivity contribution in [3.05, 3.63) is 58.4 Å². The number of nitrogens with zero attached hydrogens (tertiary/aromatic N) is 2. The first-order chi connectivity index (χ1) is 13.5. The molecule has 0 bridgehead atoms. The van der Waals surface area contributed by atoms with E-state index in [1.807, 2.05) is 13.0 Å². The van der Waals surface area contributed by atoms with Crippen LogP contribution < -0.4 is 10.9 Å². The highest BCUT2D eigenvalue weighted by Crippen LogP contribution is 2.23. The van der Waals surface area contributed by atoms with E-state index < -0.39 is 0 Å². The SMILES string of the molecule is Cc1ccc(C(C)CCN2CCC(CNC(=O)Cn3ccccc3=O)CC2)o1. The lowest BCUT2D eigenvalue weighted by Gasteiger charge is -2.32. The number of pyridine rings is 1. The zero-order valence-corrected chi connectivity index (χ0v) is 16.9. The van der Waals surface area contributed by atoms with Crippen LogP contribution in [0.25, 0.3) is 0 Å². The average molecular weight is 386 g/mol. The van der Waals surface area contributed by atoms with Crippen molar-refractivity contribution < 1.29 is 9.21 Å². The van der Waals surface area contributed by atoms with Gasteiger partial charge in [-0.05, 0) is 69.9 Å². The number of carbonyl (C=O) groups is 1. The van der Waals surface area contributed by atoms with Crippen molar-refractivity contribution >= 4 is 5.91 Å². The van der Waals surface area contributed by atoms with Crippen LogP contribution in [-0.2, 0) is 11.3 Å². The van der Waals surface area contributed by atoms with Gasteiger partial charge in [0.1, 0.15) is 18.1 Å². The van der Waals surface area contributed by atoms with Gasteiger partial charge in [0.05, 0.1) is 0 Å². The summed E-state index contributed by atoms with van der Waals surface area (Å²) in [6, 6.07) is 9.02. The molecule has 28 heavy (non-hydrogen) atoms. The lowest BCUT2D eigenvalue weighted by Crippen LogP contribution is -2.40. The van der Waals surface area contributed by atoms with Crippen LogP contribution in [0.5, 0.6) is 0 Å². The van der Waals surface area contributed by atoms with E-state index in [1.54, 1.807) is 18.3 Å². The molecule has 1 saturated heterocycles. The molecule has 1 N–H and O–H groups in total.